The zero-order valence-electron chi connectivity index (χ0n) is 6.43. The van der Waals surface area contributed by atoms with E-state index in [9.17, 15) is 9.59 Å². The molecule has 0 spiro atoms. The summed E-state index contributed by atoms with van der Waals surface area (Å²) in [5, 5.41) is 7.87. The van der Waals surface area contributed by atoms with Gasteiger partial charge in [-0.3, -0.25) is 4.79 Å². The van der Waals surface area contributed by atoms with E-state index in [1.54, 1.807) is 0 Å². The molecule has 1 rings (SSSR count). The molecule has 0 N–H and O–H groups in total. The average molecular weight is 169 g/mol. The van der Waals surface area contributed by atoms with Gasteiger partial charge in [-0.1, -0.05) is 5.22 Å². The van der Waals surface area contributed by atoms with E-state index in [1.807, 2.05) is 0 Å². The van der Waals surface area contributed by atoms with E-state index < -0.39 is 5.97 Å². The summed E-state index contributed by atoms with van der Waals surface area (Å²) in [6, 6.07) is 0. The summed E-state index contributed by atoms with van der Waals surface area (Å²) in [5.41, 5.74) is 0. The lowest BCUT2D eigenvalue weighted by atomic mass is 10.5. The lowest BCUT2D eigenvalue weighted by Gasteiger charge is -2.00. The van der Waals surface area contributed by atoms with Crippen LogP contribution in [-0.4, -0.2) is 30.5 Å². The molecule has 6 heteroatoms. The third-order valence-electron chi connectivity index (χ3n) is 1.17. The Balaban J connectivity index is 2.50. The summed E-state index contributed by atoms with van der Waals surface area (Å²) >= 11 is 0. The van der Waals surface area contributed by atoms with Crippen LogP contribution in [0.4, 0.5) is 0 Å². The van der Waals surface area contributed by atoms with Crippen LogP contribution in [-0.2, 0) is 14.3 Å². The molecular weight excluding hydrogens is 162 g/mol. The van der Waals surface area contributed by atoms with Crippen molar-refractivity contribution in [1.82, 2.24) is 5.01 Å². The van der Waals surface area contributed by atoms with Gasteiger partial charge in [0.05, 0.1) is 7.11 Å². The number of carbonyl (C=O) groups is 2. The Bertz CT molecular complexity index is 259. The van der Waals surface area contributed by atoms with Gasteiger partial charge in [-0.25, -0.2) is 4.79 Å². The molecule has 1 aliphatic heterocycles. The second-order valence-corrected chi connectivity index (χ2v) is 1.97. The monoisotopic (exact) mass is 169 g/mol. The maximum absolute atomic E-state index is 10.8. The molecule has 0 saturated carbocycles. The van der Waals surface area contributed by atoms with Crippen LogP contribution < -0.4 is 0 Å². The van der Waals surface area contributed by atoms with Crippen LogP contribution in [0.25, 0.3) is 0 Å². The summed E-state index contributed by atoms with van der Waals surface area (Å²) in [6.07, 6.45) is 2.31. The molecule has 0 atom stereocenters. The standard InChI is InChI=1S/C6H7N3O3/c1-12-6(11)2-3-9-5(10)4-7-8-9/h2-3H,4H2,1H3/b3-2+. The molecule has 6 nitrogen and oxygen atoms in total. The molecule has 0 aliphatic carbocycles. The fourth-order valence-electron chi connectivity index (χ4n) is 0.595. The first-order valence-electron chi connectivity index (χ1n) is 3.19. The lowest BCUT2D eigenvalue weighted by Crippen LogP contribution is -2.16. The van der Waals surface area contributed by atoms with Crippen molar-refractivity contribution in [3.05, 3.63) is 12.3 Å². The van der Waals surface area contributed by atoms with Gasteiger partial charge >= 0.3 is 5.97 Å². The van der Waals surface area contributed by atoms with Crippen LogP contribution in [0.15, 0.2) is 22.6 Å². The second-order valence-electron chi connectivity index (χ2n) is 1.97. The largest absolute Gasteiger partial charge is 0.466 e. The number of rotatable bonds is 2. The highest BCUT2D eigenvalue weighted by Gasteiger charge is 2.14. The number of hydrogen-bond acceptors (Lipinski definition) is 5. The number of nitrogens with zero attached hydrogens (tertiary/aromatic N) is 3. The zero-order valence-corrected chi connectivity index (χ0v) is 6.43. The van der Waals surface area contributed by atoms with E-state index >= 15 is 0 Å². The molecule has 1 amide bonds. The minimum atomic E-state index is -0.537. The van der Waals surface area contributed by atoms with E-state index in [0.717, 1.165) is 11.1 Å². The summed E-state index contributed by atoms with van der Waals surface area (Å²) in [6.45, 7) is 0.0332. The number of hydrogen-bond donors (Lipinski definition) is 0. The molecule has 1 heterocycles. The van der Waals surface area contributed by atoms with Crippen LogP contribution in [0.3, 0.4) is 0 Å². The number of amides is 1. The fraction of sp³-hybridized carbons (Fsp3) is 0.333. The van der Waals surface area contributed by atoms with Crippen molar-refractivity contribution in [1.29, 1.82) is 0 Å². The van der Waals surface area contributed by atoms with Gasteiger partial charge in [0.2, 0.25) is 0 Å². The highest BCUT2D eigenvalue weighted by Crippen LogP contribution is 2.02. The Labute approximate surface area is 68.5 Å². The first-order valence-corrected chi connectivity index (χ1v) is 3.19. The summed E-state index contributed by atoms with van der Waals surface area (Å²) in [5.74, 6) is -0.806. The first-order chi connectivity index (χ1) is 5.74. The van der Waals surface area contributed by atoms with Crippen molar-refractivity contribution in [2.45, 2.75) is 0 Å². The fourth-order valence-corrected chi connectivity index (χ4v) is 0.595. The molecule has 1 aliphatic rings. The van der Waals surface area contributed by atoms with E-state index in [-0.39, 0.29) is 12.5 Å². The van der Waals surface area contributed by atoms with Gasteiger partial charge in [0.1, 0.15) is 6.54 Å². The smallest absolute Gasteiger partial charge is 0.332 e. The topological polar surface area (TPSA) is 71.3 Å². The summed E-state index contributed by atoms with van der Waals surface area (Å²) in [4.78, 5) is 21.4. The normalized spacial score (nSPS) is 16.1. The number of ether oxygens (including phenoxy) is 1. The molecule has 0 bridgehead atoms. The predicted molar refractivity (Wildman–Crippen MR) is 37.7 cm³/mol. The summed E-state index contributed by atoms with van der Waals surface area (Å²) < 4.78 is 4.31. The van der Waals surface area contributed by atoms with Gasteiger partial charge in [0, 0.05) is 12.3 Å². The minimum Gasteiger partial charge on any atom is -0.466 e. The van der Waals surface area contributed by atoms with Crippen molar-refractivity contribution in [3.8, 4) is 0 Å². The molecule has 12 heavy (non-hydrogen) atoms. The Hall–Kier alpha value is -1.72. The number of carbonyl (C=O) groups excluding carboxylic acids is 2. The molecular formula is C6H7N3O3. The van der Waals surface area contributed by atoms with Crippen LogP contribution in [0.5, 0.6) is 0 Å². The van der Waals surface area contributed by atoms with E-state index in [4.69, 9.17) is 0 Å². The van der Waals surface area contributed by atoms with Crippen LogP contribution >= 0.6 is 0 Å². The molecule has 0 aromatic rings. The van der Waals surface area contributed by atoms with Crippen molar-refractivity contribution in [3.63, 3.8) is 0 Å². The van der Waals surface area contributed by atoms with Crippen molar-refractivity contribution < 1.29 is 14.3 Å². The van der Waals surface area contributed by atoms with Gasteiger partial charge in [-0.15, -0.1) is 0 Å². The second kappa shape index (κ2) is 3.61. The Morgan fingerprint density at radius 3 is 3.00 bits per heavy atom. The SMILES string of the molecule is COC(=O)/C=C/N1N=NCC1=O. The highest BCUT2D eigenvalue weighted by molar-refractivity contribution is 5.84. The quantitative estimate of drug-likeness (QED) is 0.427. The van der Waals surface area contributed by atoms with Crippen molar-refractivity contribution >= 4 is 11.9 Å². The van der Waals surface area contributed by atoms with E-state index in [0.29, 0.717) is 0 Å². The minimum absolute atomic E-state index is 0.0332. The number of methoxy groups -OCH3 is 1. The van der Waals surface area contributed by atoms with Gasteiger partial charge in [0.25, 0.3) is 5.91 Å². The van der Waals surface area contributed by atoms with Gasteiger partial charge in [-0.2, -0.15) is 10.1 Å². The Morgan fingerprint density at radius 2 is 2.50 bits per heavy atom. The average Bonchev–Trinajstić information content (AvgIpc) is 2.47. The van der Waals surface area contributed by atoms with Gasteiger partial charge in [0.15, 0.2) is 0 Å². The lowest BCUT2D eigenvalue weighted by molar-refractivity contribution is -0.134. The first kappa shape index (κ1) is 8.38. The molecule has 0 saturated heterocycles. The molecule has 0 fully saturated rings. The third-order valence-corrected chi connectivity index (χ3v) is 1.17. The molecule has 0 aromatic carbocycles. The molecule has 0 radical (unpaired) electrons. The molecule has 64 valence electrons. The van der Waals surface area contributed by atoms with E-state index in [2.05, 4.69) is 15.1 Å². The maximum atomic E-state index is 10.8. The van der Waals surface area contributed by atoms with Crippen LogP contribution in [0.1, 0.15) is 0 Å². The third kappa shape index (κ3) is 1.88. The zero-order chi connectivity index (χ0) is 8.97. The molecule has 0 unspecified atom stereocenters. The van der Waals surface area contributed by atoms with Crippen LogP contribution in [0.2, 0.25) is 0 Å². The Morgan fingerprint density at radius 1 is 1.75 bits per heavy atom. The number of esters is 1. The van der Waals surface area contributed by atoms with Crippen molar-refractivity contribution in [2.75, 3.05) is 13.7 Å². The van der Waals surface area contributed by atoms with Gasteiger partial charge in [-0.05, 0) is 0 Å². The highest BCUT2D eigenvalue weighted by atomic mass is 16.5. The van der Waals surface area contributed by atoms with Crippen LogP contribution in [0, 0.1) is 0 Å². The molecule has 0 aromatic heterocycles. The van der Waals surface area contributed by atoms with Gasteiger partial charge < -0.3 is 4.74 Å². The summed E-state index contributed by atoms with van der Waals surface area (Å²) in [7, 11) is 1.25. The Kier molecular flexibility index (Phi) is 2.52. The maximum Gasteiger partial charge on any atom is 0.332 e. The van der Waals surface area contributed by atoms with Crippen molar-refractivity contribution in [2.24, 2.45) is 10.3 Å². The van der Waals surface area contributed by atoms with E-state index in [1.165, 1.54) is 13.3 Å². The predicted octanol–water partition coefficient (Wildman–Crippen LogP) is -0.118.